The van der Waals surface area contributed by atoms with Crippen molar-refractivity contribution in [2.45, 2.75) is 32.1 Å². The zero-order chi connectivity index (χ0) is 22.4. The molecule has 1 heterocycles. The van der Waals surface area contributed by atoms with Gasteiger partial charge in [0.15, 0.2) is 0 Å². The third kappa shape index (κ3) is 5.58. The summed E-state index contributed by atoms with van der Waals surface area (Å²) < 4.78 is 26.5. The van der Waals surface area contributed by atoms with Crippen molar-refractivity contribution in [3.8, 4) is 11.3 Å². The van der Waals surface area contributed by atoms with E-state index in [0.29, 0.717) is 31.6 Å². The van der Waals surface area contributed by atoms with Gasteiger partial charge < -0.3 is 5.32 Å². The summed E-state index contributed by atoms with van der Waals surface area (Å²) in [6.45, 7) is 6.90. The van der Waals surface area contributed by atoms with E-state index in [2.05, 4.69) is 10.3 Å². The molecule has 0 unspecified atom stereocenters. The summed E-state index contributed by atoms with van der Waals surface area (Å²) in [6, 6.07) is 14.3. The van der Waals surface area contributed by atoms with E-state index in [0.717, 1.165) is 21.8 Å². The number of hydrogen-bond donors (Lipinski definition) is 1. The number of nitrogens with one attached hydrogen (secondary N) is 1. The van der Waals surface area contributed by atoms with Gasteiger partial charge in [0, 0.05) is 36.1 Å². The molecule has 0 saturated heterocycles. The molecule has 1 amide bonds. The Morgan fingerprint density at radius 2 is 1.68 bits per heavy atom. The minimum Gasteiger partial charge on any atom is -0.352 e. The van der Waals surface area contributed by atoms with E-state index in [1.54, 1.807) is 37.3 Å². The number of amides is 1. The molecule has 2 aromatic carbocycles. The Kier molecular flexibility index (Phi) is 7.59. The number of carbonyl (C=O) groups is 1. The Balaban J connectivity index is 1.55. The van der Waals surface area contributed by atoms with Gasteiger partial charge in [0.25, 0.3) is 5.91 Å². The second-order valence-corrected chi connectivity index (χ2v) is 10.1. The van der Waals surface area contributed by atoms with Gasteiger partial charge in [-0.05, 0) is 43.2 Å². The number of carbonyl (C=O) groups excluding carboxylic acids is 1. The summed E-state index contributed by atoms with van der Waals surface area (Å²) in [5, 5.41) is 5.98. The standard InChI is InChI=1S/C23H27N3O3S2/c1-4-26(5-2)31(28,29)21-12-10-20(11-13-21)23(27)24-15-14-18-6-8-19(9-7-18)22-16-30-17(3)25-22/h6-13,16H,4-5,14-15H2,1-3H3,(H,24,27). The number of rotatable bonds is 9. The molecule has 0 bridgehead atoms. The number of aryl methyl sites for hydroxylation is 1. The lowest BCUT2D eigenvalue weighted by molar-refractivity contribution is 0.0954. The van der Waals surface area contributed by atoms with Crippen molar-refractivity contribution >= 4 is 27.3 Å². The second-order valence-electron chi connectivity index (χ2n) is 7.07. The Hall–Kier alpha value is -2.55. The Bertz CT molecular complexity index is 1120. The van der Waals surface area contributed by atoms with Crippen LogP contribution in [-0.2, 0) is 16.4 Å². The van der Waals surface area contributed by atoms with Crippen LogP contribution in [0.3, 0.4) is 0 Å². The van der Waals surface area contributed by atoms with Crippen molar-refractivity contribution in [1.82, 2.24) is 14.6 Å². The third-order valence-corrected chi connectivity index (χ3v) is 7.87. The maximum Gasteiger partial charge on any atom is 0.251 e. The lowest BCUT2D eigenvalue weighted by atomic mass is 10.1. The molecule has 31 heavy (non-hydrogen) atoms. The molecule has 0 saturated carbocycles. The first kappa shape index (κ1) is 23.1. The van der Waals surface area contributed by atoms with Crippen molar-refractivity contribution in [2.24, 2.45) is 0 Å². The van der Waals surface area contributed by atoms with E-state index in [4.69, 9.17) is 0 Å². The van der Waals surface area contributed by atoms with Crippen LogP contribution in [0.1, 0.15) is 34.8 Å². The summed E-state index contributed by atoms with van der Waals surface area (Å²) in [5.74, 6) is -0.221. The van der Waals surface area contributed by atoms with E-state index in [1.165, 1.54) is 16.4 Å². The highest BCUT2D eigenvalue weighted by Crippen LogP contribution is 2.22. The van der Waals surface area contributed by atoms with Gasteiger partial charge in [0.2, 0.25) is 10.0 Å². The molecular formula is C23H27N3O3S2. The van der Waals surface area contributed by atoms with Crippen LogP contribution in [0.25, 0.3) is 11.3 Å². The molecule has 0 aliphatic heterocycles. The molecule has 1 N–H and O–H groups in total. The summed E-state index contributed by atoms with van der Waals surface area (Å²) in [4.78, 5) is 17.1. The third-order valence-electron chi connectivity index (χ3n) is 5.03. The summed E-state index contributed by atoms with van der Waals surface area (Å²) in [6.07, 6.45) is 0.705. The quantitative estimate of drug-likeness (QED) is 0.524. The summed E-state index contributed by atoms with van der Waals surface area (Å²) in [7, 11) is -3.52. The van der Waals surface area contributed by atoms with Crippen LogP contribution in [0.4, 0.5) is 0 Å². The average Bonchev–Trinajstić information content (AvgIpc) is 3.21. The number of sulfonamides is 1. The SMILES string of the molecule is CCN(CC)S(=O)(=O)c1ccc(C(=O)NCCc2ccc(-c3csc(C)n3)cc2)cc1. The minimum atomic E-state index is -3.52. The van der Waals surface area contributed by atoms with Crippen LogP contribution in [0.15, 0.2) is 58.8 Å². The van der Waals surface area contributed by atoms with E-state index in [1.807, 2.05) is 36.6 Å². The molecule has 0 spiro atoms. The molecule has 164 valence electrons. The van der Waals surface area contributed by atoms with E-state index < -0.39 is 10.0 Å². The second kappa shape index (κ2) is 10.2. The topological polar surface area (TPSA) is 79.4 Å². The van der Waals surface area contributed by atoms with Crippen LogP contribution in [-0.4, -0.2) is 43.2 Å². The molecule has 1 aromatic heterocycles. The number of nitrogens with zero attached hydrogens (tertiary/aromatic N) is 2. The van der Waals surface area contributed by atoms with E-state index in [-0.39, 0.29) is 10.8 Å². The van der Waals surface area contributed by atoms with Crippen LogP contribution in [0.2, 0.25) is 0 Å². The average molecular weight is 458 g/mol. The highest BCUT2D eigenvalue weighted by molar-refractivity contribution is 7.89. The molecule has 8 heteroatoms. The molecule has 0 radical (unpaired) electrons. The first-order valence-corrected chi connectivity index (χ1v) is 12.6. The molecule has 0 fully saturated rings. The Morgan fingerprint density at radius 1 is 1.03 bits per heavy atom. The highest BCUT2D eigenvalue weighted by atomic mass is 32.2. The molecule has 3 rings (SSSR count). The number of hydrogen-bond acceptors (Lipinski definition) is 5. The predicted molar refractivity (Wildman–Crippen MR) is 125 cm³/mol. The van der Waals surface area contributed by atoms with Crippen molar-refractivity contribution in [3.05, 3.63) is 70.0 Å². The van der Waals surface area contributed by atoms with Gasteiger partial charge in [0.05, 0.1) is 15.6 Å². The van der Waals surface area contributed by atoms with E-state index in [9.17, 15) is 13.2 Å². The molecule has 0 aliphatic rings. The van der Waals surface area contributed by atoms with Crippen LogP contribution in [0, 0.1) is 6.92 Å². The molecular weight excluding hydrogens is 430 g/mol. The first-order chi connectivity index (χ1) is 14.8. The van der Waals surface area contributed by atoms with Crippen LogP contribution < -0.4 is 5.32 Å². The number of benzene rings is 2. The maximum atomic E-state index is 12.5. The fraction of sp³-hybridized carbons (Fsp3) is 0.304. The van der Waals surface area contributed by atoms with Gasteiger partial charge in [-0.15, -0.1) is 11.3 Å². The first-order valence-electron chi connectivity index (χ1n) is 10.2. The lowest BCUT2D eigenvalue weighted by Gasteiger charge is -2.18. The predicted octanol–water partition coefficient (Wildman–Crippen LogP) is 4.12. The monoisotopic (exact) mass is 457 g/mol. The van der Waals surface area contributed by atoms with Gasteiger partial charge in [-0.1, -0.05) is 38.1 Å². The lowest BCUT2D eigenvalue weighted by Crippen LogP contribution is -2.30. The van der Waals surface area contributed by atoms with Crippen molar-refractivity contribution in [2.75, 3.05) is 19.6 Å². The molecule has 6 nitrogen and oxygen atoms in total. The Labute approximate surface area is 188 Å². The van der Waals surface area contributed by atoms with Gasteiger partial charge in [0.1, 0.15) is 0 Å². The van der Waals surface area contributed by atoms with Crippen molar-refractivity contribution in [1.29, 1.82) is 0 Å². The van der Waals surface area contributed by atoms with Crippen molar-refractivity contribution in [3.63, 3.8) is 0 Å². The molecule has 3 aromatic rings. The minimum absolute atomic E-state index is 0.197. The normalized spacial score (nSPS) is 11.6. The van der Waals surface area contributed by atoms with Crippen LogP contribution in [0.5, 0.6) is 0 Å². The van der Waals surface area contributed by atoms with E-state index >= 15 is 0 Å². The Morgan fingerprint density at radius 3 is 2.23 bits per heavy atom. The fourth-order valence-corrected chi connectivity index (χ4v) is 5.33. The zero-order valence-electron chi connectivity index (χ0n) is 18.0. The summed E-state index contributed by atoms with van der Waals surface area (Å²) >= 11 is 1.63. The number of thiazole rings is 1. The zero-order valence-corrected chi connectivity index (χ0v) is 19.6. The van der Waals surface area contributed by atoms with Gasteiger partial charge in [-0.2, -0.15) is 4.31 Å². The number of aromatic nitrogens is 1. The van der Waals surface area contributed by atoms with Crippen molar-refractivity contribution < 1.29 is 13.2 Å². The van der Waals surface area contributed by atoms with Crippen LogP contribution >= 0.6 is 11.3 Å². The van der Waals surface area contributed by atoms with Gasteiger partial charge >= 0.3 is 0 Å². The largest absolute Gasteiger partial charge is 0.352 e. The fourth-order valence-electron chi connectivity index (χ4n) is 3.25. The highest BCUT2D eigenvalue weighted by Gasteiger charge is 2.21. The maximum absolute atomic E-state index is 12.5. The summed E-state index contributed by atoms with van der Waals surface area (Å²) in [5.41, 5.74) is 3.62. The van der Waals surface area contributed by atoms with Gasteiger partial charge in [-0.25, -0.2) is 13.4 Å². The van der Waals surface area contributed by atoms with Gasteiger partial charge in [-0.3, -0.25) is 4.79 Å². The molecule has 0 aliphatic carbocycles. The molecule has 0 atom stereocenters. The smallest absolute Gasteiger partial charge is 0.251 e.